The van der Waals surface area contributed by atoms with Crippen LogP contribution in [-0.4, -0.2) is 63.7 Å². The van der Waals surface area contributed by atoms with Gasteiger partial charge in [0.2, 0.25) is 0 Å². The smallest absolute Gasteiger partial charge is 0.406 e. The third-order valence-electron chi connectivity index (χ3n) is 6.89. The lowest BCUT2D eigenvalue weighted by Crippen LogP contribution is -2.49. The first-order chi connectivity index (χ1) is 18.6. The van der Waals surface area contributed by atoms with Crippen LogP contribution in [-0.2, 0) is 24.2 Å². The average molecular weight is 542 g/mol. The van der Waals surface area contributed by atoms with Crippen LogP contribution in [0.5, 0.6) is 5.75 Å². The van der Waals surface area contributed by atoms with E-state index >= 15 is 0 Å². The van der Waals surface area contributed by atoms with Crippen molar-refractivity contribution < 1.29 is 27.5 Å². The molecular formula is C28H30F3N5O3. The molecule has 1 aromatic carbocycles. The normalized spacial score (nSPS) is 15.9. The lowest BCUT2D eigenvalue weighted by molar-refractivity contribution is -0.274. The first-order valence-corrected chi connectivity index (χ1v) is 13.0. The van der Waals surface area contributed by atoms with Gasteiger partial charge >= 0.3 is 6.36 Å². The maximum Gasteiger partial charge on any atom is 0.573 e. The van der Waals surface area contributed by atoms with Crippen molar-refractivity contribution in [2.75, 3.05) is 31.1 Å². The predicted octanol–water partition coefficient (Wildman–Crippen LogP) is 4.21. The Balaban J connectivity index is 1.21. The van der Waals surface area contributed by atoms with E-state index in [-0.39, 0.29) is 30.3 Å². The first kappa shape index (κ1) is 26.7. The number of alkyl halides is 3. The summed E-state index contributed by atoms with van der Waals surface area (Å²) >= 11 is 0. The summed E-state index contributed by atoms with van der Waals surface area (Å²) in [5, 5.41) is 0. The molecule has 1 amide bonds. The lowest BCUT2D eigenvalue weighted by atomic mass is 10.1. The highest BCUT2D eigenvalue weighted by Gasteiger charge is 2.31. The SMILES string of the molecule is Cc1ccc(N2CCN(C(=O)c3nc(CC(=O)Cc4ccc(OC(F)(F)F)cc4)cn3CC3CC3)CC2)nc1. The highest BCUT2D eigenvalue weighted by Crippen LogP contribution is 2.31. The minimum Gasteiger partial charge on any atom is -0.406 e. The van der Waals surface area contributed by atoms with Gasteiger partial charge in [0.1, 0.15) is 17.4 Å². The molecule has 2 fully saturated rings. The zero-order valence-corrected chi connectivity index (χ0v) is 21.7. The number of piperazine rings is 1. The molecule has 0 radical (unpaired) electrons. The maximum atomic E-state index is 13.5. The summed E-state index contributed by atoms with van der Waals surface area (Å²) in [4.78, 5) is 39.2. The van der Waals surface area contributed by atoms with Gasteiger partial charge in [0.05, 0.1) is 12.1 Å². The number of carbonyl (C=O) groups is 2. The van der Waals surface area contributed by atoms with Gasteiger partial charge in [-0.05, 0) is 55.0 Å². The van der Waals surface area contributed by atoms with Gasteiger partial charge in [0.25, 0.3) is 5.91 Å². The van der Waals surface area contributed by atoms with E-state index in [1.54, 1.807) is 11.1 Å². The molecule has 5 rings (SSSR count). The summed E-state index contributed by atoms with van der Waals surface area (Å²) in [7, 11) is 0. The molecule has 2 aliphatic rings. The van der Waals surface area contributed by atoms with Crippen LogP contribution in [0.15, 0.2) is 48.8 Å². The Kier molecular flexibility index (Phi) is 7.58. The van der Waals surface area contributed by atoms with Crippen molar-refractivity contribution in [3.63, 3.8) is 0 Å². The van der Waals surface area contributed by atoms with Crippen molar-refractivity contribution in [2.24, 2.45) is 5.92 Å². The molecule has 206 valence electrons. The number of ether oxygens (including phenoxy) is 1. The number of anilines is 1. The van der Waals surface area contributed by atoms with Crippen molar-refractivity contribution in [1.29, 1.82) is 0 Å². The number of carbonyl (C=O) groups excluding carboxylic acids is 2. The van der Waals surface area contributed by atoms with Crippen molar-refractivity contribution in [1.82, 2.24) is 19.4 Å². The Hall–Kier alpha value is -3.89. The summed E-state index contributed by atoms with van der Waals surface area (Å²) in [6, 6.07) is 9.26. The van der Waals surface area contributed by atoms with E-state index in [0.29, 0.717) is 55.7 Å². The van der Waals surface area contributed by atoms with Gasteiger partial charge in [-0.15, -0.1) is 13.2 Å². The molecule has 0 bridgehead atoms. The van der Waals surface area contributed by atoms with Crippen LogP contribution in [0.1, 0.15) is 40.3 Å². The third kappa shape index (κ3) is 7.15. The van der Waals surface area contributed by atoms with Crippen LogP contribution < -0.4 is 9.64 Å². The van der Waals surface area contributed by atoms with Crippen molar-refractivity contribution in [2.45, 2.75) is 45.5 Å². The van der Waals surface area contributed by atoms with E-state index in [0.717, 1.165) is 24.2 Å². The monoisotopic (exact) mass is 541 g/mol. The molecule has 39 heavy (non-hydrogen) atoms. The van der Waals surface area contributed by atoms with Crippen LogP contribution >= 0.6 is 0 Å². The zero-order valence-electron chi connectivity index (χ0n) is 21.7. The Morgan fingerprint density at radius 3 is 2.33 bits per heavy atom. The van der Waals surface area contributed by atoms with E-state index in [9.17, 15) is 22.8 Å². The quantitative estimate of drug-likeness (QED) is 0.404. The summed E-state index contributed by atoms with van der Waals surface area (Å²) in [5.41, 5.74) is 2.19. The Morgan fingerprint density at radius 1 is 1.00 bits per heavy atom. The van der Waals surface area contributed by atoms with Crippen LogP contribution in [0.2, 0.25) is 0 Å². The molecule has 0 N–H and O–H groups in total. The molecule has 0 atom stereocenters. The Labute approximate surface area is 224 Å². The molecule has 11 heteroatoms. The number of nitrogens with zero attached hydrogens (tertiary/aromatic N) is 5. The summed E-state index contributed by atoms with van der Waals surface area (Å²) in [5.74, 6) is 1.12. The highest BCUT2D eigenvalue weighted by atomic mass is 19.4. The fourth-order valence-electron chi connectivity index (χ4n) is 4.67. The van der Waals surface area contributed by atoms with Gasteiger partial charge in [-0.2, -0.15) is 0 Å². The summed E-state index contributed by atoms with van der Waals surface area (Å²) in [6.07, 6.45) is 1.15. The van der Waals surface area contributed by atoms with E-state index in [4.69, 9.17) is 0 Å². The fourth-order valence-corrected chi connectivity index (χ4v) is 4.67. The number of aromatic nitrogens is 3. The number of amides is 1. The fraction of sp³-hybridized carbons (Fsp3) is 0.429. The van der Waals surface area contributed by atoms with Gasteiger partial charge in [0.15, 0.2) is 5.82 Å². The third-order valence-corrected chi connectivity index (χ3v) is 6.89. The molecular weight excluding hydrogens is 511 g/mol. The van der Waals surface area contributed by atoms with E-state index < -0.39 is 6.36 Å². The summed E-state index contributed by atoms with van der Waals surface area (Å²) < 4.78 is 42.9. The molecule has 1 saturated carbocycles. The zero-order chi connectivity index (χ0) is 27.6. The number of ketones is 1. The van der Waals surface area contributed by atoms with Crippen LogP contribution in [0.25, 0.3) is 0 Å². The molecule has 3 aromatic rings. The number of aryl methyl sites for hydroxylation is 1. The van der Waals surface area contributed by atoms with Gasteiger partial charge in [-0.3, -0.25) is 9.59 Å². The molecule has 0 unspecified atom stereocenters. The van der Waals surface area contributed by atoms with Crippen molar-refractivity contribution in [3.8, 4) is 5.75 Å². The topological polar surface area (TPSA) is 80.6 Å². The minimum atomic E-state index is -4.77. The van der Waals surface area contributed by atoms with Gasteiger partial charge < -0.3 is 19.1 Å². The second-order valence-electron chi connectivity index (χ2n) is 10.2. The average Bonchev–Trinajstić information content (AvgIpc) is 3.63. The number of imidazole rings is 1. The van der Waals surface area contributed by atoms with Crippen LogP contribution in [0.4, 0.5) is 19.0 Å². The second-order valence-corrected chi connectivity index (χ2v) is 10.2. The second kappa shape index (κ2) is 11.1. The summed E-state index contributed by atoms with van der Waals surface area (Å²) in [6.45, 7) is 5.12. The van der Waals surface area contributed by atoms with Crippen LogP contribution in [0.3, 0.4) is 0 Å². The molecule has 1 aliphatic carbocycles. The van der Waals surface area contributed by atoms with Gasteiger partial charge in [-0.1, -0.05) is 18.2 Å². The number of benzene rings is 1. The number of pyridine rings is 1. The molecule has 1 aliphatic heterocycles. The van der Waals surface area contributed by atoms with E-state index in [1.807, 2.05) is 29.8 Å². The Bertz CT molecular complexity index is 1310. The standard InChI is InChI=1S/C28H30F3N5O3/c1-19-2-9-25(32-16-19)34-10-12-35(13-11-34)27(38)26-33-22(18-36(26)17-21-3-4-21)15-23(37)14-20-5-7-24(8-6-20)39-28(29,30)31/h2,5-9,16,18,21H,3-4,10-15,17H2,1H3. The van der Waals surface area contributed by atoms with Gasteiger partial charge in [-0.25, -0.2) is 9.97 Å². The van der Waals surface area contributed by atoms with Gasteiger partial charge in [0, 0.05) is 51.5 Å². The highest BCUT2D eigenvalue weighted by molar-refractivity contribution is 5.91. The number of rotatable bonds is 9. The number of Topliss-reactive ketones (excluding diaryl/α,β-unsaturated/α-hetero) is 1. The lowest BCUT2D eigenvalue weighted by Gasteiger charge is -2.35. The number of hydrogen-bond acceptors (Lipinski definition) is 6. The minimum absolute atomic E-state index is 0.0334. The molecule has 8 nitrogen and oxygen atoms in total. The molecule has 3 heterocycles. The van der Waals surface area contributed by atoms with E-state index in [2.05, 4.69) is 19.6 Å². The molecule has 1 saturated heterocycles. The number of hydrogen-bond donors (Lipinski definition) is 0. The first-order valence-electron chi connectivity index (χ1n) is 13.0. The maximum absolute atomic E-state index is 13.5. The van der Waals surface area contributed by atoms with Crippen molar-refractivity contribution in [3.05, 3.63) is 71.4 Å². The van der Waals surface area contributed by atoms with E-state index in [1.165, 1.54) is 24.3 Å². The Morgan fingerprint density at radius 2 is 1.72 bits per heavy atom. The number of halogens is 3. The van der Waals surface area contributed by atoms with Crippen LogP contribution in [0, 0.1) is 12.8 Å². The van der Waals surface area contributed by atoms with Crippen molar-refractivity contribution >= 4 is 17.5 Å². The predicted molar refractivity (Wildman–Crippen MR) is 138 cm³/mol. The molecule has 2 aromatic heterocycles. The molecule has 0 spiro atoms. The largest absolute Gasteiger partial charge is 0.573 e.